The van der Waals surface area contributed by atoms with Crippen LogP contribution in [0.4, 0.5) is 11.4 Å². The number of nitrogens with zero attached hydrogens (tertiary/aromatic N) is 2. The van der Waals surface area contributed by atoms with E-state index in [9.17, 15) is 18.0 Å². The Kier molecular flexibility index (Phi) is 5.90. The zero-order valence-electron chi connectivity index (χ0n) is 16.1. The first kappa shape index (κ1) is 21.1. The molecule has 3 N–H and O–H groups in total. The van der Waals surface area contributed by atoms with Crippen LogP contribution in [0.1, 0.15) is 11.1 Å². The molecule has 3 rings (SSSR count). The van der Waals surface area contributed by atoms with Crippen molar-refractivity contribution >= 4 is 21.5 Å². The molecule has 0 aromatic heterocycles. The van der Waals surface area contributed by atoms with Gasteiger partial charge in [-0.2, -0.15) is 18.6 Å². The standard InChI is InChI=1S/C20H18N4O5S/c1-12-3-4-13(2)17(11-12)23-24-19-18(25)10-9-16(20(19)26)22-21-14-5-7-15(8-6-14)30(27,28)29/h3-11,21,23H,1-2H3,(H,27,28,29)/b22-16+,24-19-. The third-order valence-corrected chi connectivity index (χ3v) is 5.08. The number of hydrogen-bond acceptors (Lipinski definition) is 8. The molecule has 9 nitrogen and oxygen atoms in total. The van der Waals surface area contributed by atoms with Gasteiger partial charge in [-0.25, -0.2) is 0 Å². The van der Waals surface area contributed by atoms with E-state index in [-0.39, 0.29) is 15.6 Å². The van der Waals surface area contributed by atoms with Gasteiger partial charge in [-0.05, 0) is 67.4 Å². The molecule has 10 heteroatoms. The molecule has 0 aliphatic carbocycles. The van der Waals surface area contributed by atoms with Crippen molar-refractivity contribution in [1.29, 1.82) is 0 Å². The van der Waals surface area contributed by atoms with Gasteiger partial charge in [-0.15, -0.1) is 0 Å². The molecule has 30 heavy (non-hydrogen) atoms. The molecule has 0 radical (unpaired) electrons. The summed E-state index contributed by atoms with van der Waals surface area (Å²) >= 11 is 0. The lowest BCUT2D eigenvalue weighted by atomic mass is 10.1. The van der Waals surface area contributed by atoms with Gasteiger partial charge >= 0.3 is 0 Å². The van der Waals surface area contributed by atoms with Crippen molar-refractivity contribution in [2.24, 2.45) is 10.2 Å². The van der Waals surface area contributed by atoms with Crippen LogP contribution in [0.5, 0.6) is 0 Å². The van der Waals surface area contributed by atoms with Crippen molar-refractivity contribution in [3.05, 3.63) is 96.9 Å². The third-order valence-electron chi connectivity index (χ3n) is 4.21. The monoisotopic (exact) mass is 426 g/mol. The summed E-state index contributed by atoms with van der Waals surface area (Å²) in [4.78, 5) is 24.4. The zero-order chi connectivity index (χ0) is 21.9. The van der Waals surface area contributed by atoms with Gasteiger partial charge in [0.05, 0.1) is 16.3 Å². The molecule has 0 heterocycles. The number of aryl methyl sites for hydroxylation is 2. The fourth-order valence-corrected chi connectivity index (χ4v) is 3.02. The molecule has 0 saturated heterocycles. The maximum atomic E-state index is 12.6. The van der Waals surface area contributed by atoms with Crippen LogP contribution in [-0.4, -0.2) is 13.0 Å². The summed E-state index contributed by atoms with van der Waals surface area (Å²) in [7, 11) is -4.30. The largest absolute Gasteiger partial charge is 0.294 e. The van der Waals surface area contributed by atoms with E-state index in [1.54, 1.807) is 0 Å². The maximum absolute atomic E-state index is 12.6. The van der Waals surface area contributed by atoms with Crippen LogP contribution < -0.4 is 32.4 Å². The molecule has 0 fully saturated rings. The first-order valence-corrected chi connectivity index (χ1v) is 10.2. The van der Waals surface area contributed by atoms with Crippen LogP contribution >= 0.6 is 0 Å². The van der Waals surface area contributed by atoms with E-state index in [4.69, 9.17) is 4.55 Å². The van der Waals surface area contributed by atoms with Crippen molar-refractivity contribution in [3.8, 4) is 0 Å². The Bertz CT molecular complexity index is 1420. The van der Waals surface area contributed by atoms with Crippen LogP contribution in [0.2, 0.25) is 0 Å². The molecule has 0 atom stereocenters. The average molecular weight is 426 g/mol. The third kappa shape index (κ3) is 4.85. The van der Waals surface area contributed by atoms with E-state index in [1.807, 2.05) is 32.0 Å². The minimum atomic E-state index is -4.30. The number of nitrogens with one attached hydrogen (secondary N) is 2. The summed E-state index contributed by atoms with van der Waals surface area (Å²) in [6.07, 6.45) is 0. The first-order valence-electron chi connectivity index (χ1n) is 8.74. The number of hydrogen-bond donors (Lipinski definition) is 3. The summed E-state index contributed by atoms with van der Waals surface area (Å²) < 4.78 is 31.1. The van der Waals surface area contributed by atoms with Crippen molar-refractivity contribution in [1.82, 2.24) is 0 Å². The van der Waals surface area contributed by atoms with Gasteiger partial charge in [0.25, 0.3) is 10.1 Å². The Morgan fingerprint density at radius 2 is 1.57 bits per heavy atom. The fraction of sp³-hybridized carbons (Fsp3) is 0.100. The van der Waals surface area contributed by atoms with E-state index >= 15 is 0 Å². The predicted molar refractivity (Wildman–Crippen MR) is 112 cm³/mol. The lowest BCUT2D eigenvalue weighted by Crippen LogP contribution is -2.48. The van der Waals surface area contributed by atoms with E-state index < -0.39 is 21.0 Å². The predicted octanol–water partition coefficient (Wildman–Crippen LogP) is 1.00. The van der Waals surface area contributed by atoms with Crippen LogP contribution in [0.3, 0.4) is 0 Å². The van der Waals surface area contributed by atoms with Gasteiger partial charge < -0.3 is 0 Å². The minimum absolute atomic E-state index is 0.0463. The molecular weight excluding hydrogens is 408 g/mol. The zero-order valence-corrected chi connectivity index (χ0v) is 16.9. The van der Waals surface area contributed by atoms with Gasteiger partial charge in [0.15, 0.2) is 5.36 Å². The highest BCUT2D eigenvalue weighted by atomic mass is 32.2. The lowest BCUT2D eigenvalue weighted by Gasteiger charge is -2.05. The van der Waals surface area contributed by atoms with Crippen molar-refractivity contribution in [2.45, 2.75) is 18.7 Å². The van der Waals surface area contributed by atoms with Crippen molar-refractivity contribution in [3.63, 3.8) is 0 Å². The summed E-state index contributed by atoms with van der Waals surface area (Å²) in [5, 5.41) is 7.58. The molecular formula is C20H18N4O5S. The molecule has 0 saturated carbocycles. The molecule has 0 unspecified atom stereocenters. The number of benzene rings is 3. The smallest absolute Gasteiger partial charge is 0.287 e. The van der Waals surface area contributed by atoms with Gasteiger partial charge in [-0.1, -0.05) is 12.1 Å². The van der Waals surface area contributed by atoms with Crippen LogP contribution in [-0.2, 0) is 10.1 Å². The minimum Gasteiger partial charge on any atom is -0.287 e. The SMILES string of the molecule is Cc1ccc(C)c(N/N=c2/c(=O)cc/c(=N\Nc3ccc(S(=O)(=O)O)cc3)c2=O)c1. The summed E-state index contributed by atoms with van der Waals surface area (Å²) in [6.45, 7) is 3.78. The number of rotatable bonds is 5. The molecule has 0 spiro atoms. The molecule has 154 valence electrons. The fourth-order valence-electron chi connectivity index (χ4n) is 2.53. The van der Waals surface area contributed by atoms with E-state index in [2.05, 4.69) is 21.1 Å². The maximum Gasteiger partial charge on any atom is 0.294 e. The lowest BCUT2D eigenvalue weighted by molar-refractivity contribution is 0.483. The Balaban J connectivity index is 1.93. The Morgan fingerprint density at radius 1 is 0.867 bits per heavy atom. The molecule has 0 aliphatic rings. The van der Waals surface area contributed by atoms with Gasteiger partial charge in [0.2, 0.25) is 10.9 Å². The Hall–Kier alpha value is -3.63. The summed E-state index contributed by atoms with van der Waals surface area (Å²) in [5.41, 5.74) is 7.09. The van der Waals surface area contributed by atoms with Crippen molar-refractivity contribution in [2.75, 3.05) is 10.9 Å². The highest BCUT2D eigenvalue weighted by Gasteiger charge is 2.08. The average Bonchev–Trinajstić information content (AvgIpc) is 2.69. The molecule has 0 amide bonds. The van der Waals surface area contributed by atoms with E-state index in [0.717, 1.165) is 11.1 Å². The van der Waals surface area contributed by atoms with Gasteiger partial charge in [-0.3, -0.25) is 25.0 Å². The van der Waals surface area contributed by atoms with Crippen LogP contribution in [0.25, 0.3) is 0 Å². The topological polar surface area (TPSA) is 137 Å². The van der Waals surface area contributed by atoms with Crippen LogP contribution in [0.15, 0.2) is 79.3 Å². The van der Waals surface area contributed by atoms with Gasteiger partial charge in [0, 0.05) is 0 Å². The highest BCUT2D eigenvalue weighted by molar-refractivity contribution is 7.85. The second-order valence-corrected chi connectivity index (χ2v) is 7.95. The second kappa shape index (κ2) is 8.39. The highest BCUT2D eigenvalue weighted by Crippen LogP contribution is 2.15. The molecule has 3 aromatic carbocycles. The second-order valence-electron chi connectivity index (χ2n) is 6.53. The summed E-state index contributed by atoms with van der Waals surface area (Å²) in [6, 6.07) is 13.2. The Morgan fingerprint density at radius 3 is 2.23 bits per heavy atom. The number of anilines is 2. The molecule has 0 bridgehead atoms. The summed E-state index contributed by atoms with van der Waals surface area (Å²) in [5.74, 6) is 0. The van der Waals surface area contributed by atoms with E-state index in [0.29, 0.717) is 11.4 Å². The molecule has 3 aromatic rings. The quantitative estimate of drug-likeness (QED) is 0.409. The first-order chi connectivity index (χ1) is 14.1. The normalized spacial score (nSPS) is 12.8. The van der Waals surface area contributed by atoms with E-state index in [1.165, 1.54) is 36.4 Å². The van der Waals surface area contributed by atoms with Crippen molar-refractivity contribution < 1.29 is 13.0 Å². The van der Waals surface area contributed by atoms with Crippen LogP contribution in [0, 0.1) is 13.8 Å². The van der Waals surface area contributed by atoms with Gasteiger partial charge in [0.1, 0.15) is 5.36 Å². The Labute approximate surface area is 171 Å². The molecule has 0 aliphatic heterocycles.